The standard InChI is InChI=1S/C20H17N5O3/c1-25-19-17(12(9-16(26)22-19)15-7-4-8-28-15)18(24-25)23-20(27)13-10-21-14-6-3-2-5-11(13)14/h2-8,10,12,21H,9H2,1H3,(H,22,26)(H,23,24,27). The maximum absolute atomic E-state index is 13.0. The average molecular weight is 375 g/mol. The first-order valence-corrected chi connectivity index (χ1v) is 8.89. The van der Waals surface area contributed by atoms with Crippen molar-refractivity contribution in [3.63, 3.8) is 0 Å². The van der Waals surface area contributed by atoms with Crippen LogP contribution in [0.3, 0.4) is 0 Å². The molecule has 0 fully saturated rings. The molecule has 3 aromatic heterocycles. The van der Waals surface area contributed by atoms with Crippen molar-refractivity contribution in [2.75, 3.05) is 10.6 Å². The highest BCUT2D eigenvalue weighted by Crippen LogP contribution is 2.41. The van der Waals surface area contributed by atoms with Gasteiger partial charge in [0.15, 0.2) is 5.82 Å². The van der Waals surface area contributed by atoms with Crippen molar-refractivity contribution >= 4 is 34.4 Å². The van der Waals surface area contributed by atoms with Gasteiger partial charge in [-0.1, -0.05) is 18.2 Å². The average Bonchev–Trinajstić information content (AvgIpc) is 3.41. The van der Waals surface area contributed by atoms with E-state index in [2.05, 4.69) is 20.7 Å². The van der Waals surface area contributed by atoms with Gasteiger partial charge >= 0.3 is 0 Å². The van der Waals surface area contributed by atoms with Gasteiger partial charge in [0.1, 0.15) is 11.6 Å². The molecule has 5 rings (SSSR count). The van der Waals surface area contributed by atoms with Gasteiger partial charge in [-0.25, -0.2) is 0 Å². The predicted molar refractivity (Wildman–Crippen MR) is 103 cm³/mol. The largest absolute Gasteiger partial charge is 0.469 e. The lowest BCUT2D eigenvalue weighted by Gasteiger charge is -2.22. The number of anilines is 2. The Morgan fingerprint density at radius 3 is 2.96 bits per heavy atom. The van der Waals surface area contributed by atoms with Crippen molar-refractivity contribution in [3.05, 3.63) is 65.7 Å². The summed E-state index contributed by atoms with van der Waals surface area (Å²) in [4.78, 5) is 28.2. The Balaban J connectivity index is 1.56. The number of nitrogens with zero attached hydrogens (tertiary/aromatic N) is 2. The second-order valence-corrected chi connectivity index (χ2v) is 6.76. The molecule has 0 spiro atoms. The summed E-state index contributed by atoms with van der Waals surface area (Å²) in [6.07, 6.45) is 3.48. The summed E-state index contributed by atoms with van der Waals surface area (Å²) in [6.45, 7) is 0. The Morgan fingerprint density at radius 2 is 2.14 bits per heavy atom. The van der Waals surface area contributed by atoms with Crippen molar-refractivity contribution in [2.24, 2.45) is 7.05 Å². The number of furan rings is 1. The fourth-order valence-electron chi connectivity index (χ4n) is 3.75. The molecule has 1 aromatic carbocycles. The topological polar surface area (TPSA) is 105 Å². The Bertz CT molecular complexity index is 1200. The molecule has 0 radical (unpaired) electrons. The van der Waals surface area contributed by atoms with Crippen LogP contribution in [-0.4, -0.2) is 26.6 Å². The van der Waals surface area contributed by atoms with Crippen molar-refractivity contribution in [2.45, 2.75) is 12.3 Å². The summed E-state index contributed by atoms with van der Waals surface area (Å²) in [6, 6.07) is 11.2. The zero-order chi connectivity index (χ0) is 19.3. The molecule has 0 saturated carbocycles. The molecular formula is C20H17N5O3. The minimum atomic E-state index is -0.314. The van der Waals surface area contributed by atoms with E-state index in [1.165, 1.54) is 0 Å². The Kier molecular flexibility index (Phi) is 3.58. The Labute approximate surface area is 159 Å². The number of benzene rings is 1. The molecule has 1 atom stereocenters. The van der Waals surface area contributed by atoms with Crippen molar-refractivity contribution < 1.29 is 14.0 Å². The normalized spacial score (nSPS) is 16.0. The molecule has 4 aromatic rings. The molecule has 3 N–H and O–H groups in total. The van der Waals surface area contributed by atoms with Crippen molar-refractivity contribution in [1.82, 2.24) is 14.8 Å². The van der Waals surface area contributed by atoms with Gasteiger partial charge < -0.3 is 20.0 Å². The molecule has 8 nitrogen and oxygen atoms in total. The highest BCUT2D eigenvalue weighted by molar-refractivity contribution is 6.13. The number of carbonyl (C=O) groups excluding carboxylic acids is 2. The first kappa shape index (κ1) is 16.4. The lowest BCUT2D eigenvalue weighted by Crippen LogP contribution is -2.25. The van der Waals surface area contributed by atoms with Gasteiger partial charge in [-0.2, -0.15) is 5.10 Å². The molecule has 8 heteroatoms. The fraction of sp³-hybridized carbons (Fsp3) is 0.150. The Hall–Kier alpha value is -3.81. The van der Waals surface area contributed by atoms with E-state index in [1.54, 1.807) is 30.3 Å². The van der Waals surface area contributed by atoms with Crippen LogP contribution >= 0.6 is 0 Å². The summed E-state index contributed by atoms with van der Waals surface area (Å²) in [5, 5.41) is 11.0. The molecule has 0 aliphatic carbocycles. The maximum Gasteiger partial charge on any atom is 0.259 e. The van der Waals surface area contributed by atoms with E-state index in [0.29, 0.717) is 23.0 Å². The lowest BCUT2D eigenvalue weighted by molar-refractivity contribution is -0.116. The van der Waals surface area contributed by atoms with Crippen LogP contribution in [0.25, 0.3) is 10.9 Å². The summed E-state index contributed by atoms with van der Waals surface area (Å²) in [7, 11) is 1.73. The van der Waals surface area contributed by atoms with E-state index < -0.39 is 0 Å². The summed E-state index contributed by atoms with van der Waals surface area (Å²) < 4.78 is 7.11. The number of fused-ring (bicyclic) bond motifs is 2. The van der Waals surface area contributed by atoms with Gasteiger partial charge in [-0.3, -0.25) is 14.3 Å². The van der Waals surface area contributed by atoms with Gasteiger partial charge in [-0.15, -0.1) is 0 Å². The predicted octanol–water partition coefficient (Wildman–Crippen LogP) is 3.22. The minimum absolute atomic E-state index is 0.119. The van der Waals surface area contributed by atoms with Crippen molar-refractivity contribution in [1.29, 1.82) is 0 Å². The molecule has 4 heterocycles. The summed E-state index contributed by atoms with van der Waals surface area (Å²) in [5.41, 5.74) is 2.16. The number of amides is 2. The van der Waals surface area contributed by atoms with Crippen LogP contribution in [0.5, 0.6) is 0 Å². The van der Waals surface area contributed by atoms with E-state index in [-0.39, 0.29) is 24.2 Å². The molecule has 0 bridgehead atoms. The van der Waals surface area contributed by atoms with Gasteiger partial charge in [-0.05, 0) is 18.2 Å². The third-order valence-electron chi connectivity index (χ3n) is 5.03. The van der Waals surface area contributed by atoms with Crippen LogP contribution < -0.4 is 10.6 Å². The second-order valence-electron chi connectivity index (χ2n) is 6.76. The summed E-state index contributed by atoms with van der Waals surface area (Å²) >= 11 is 0. The van der Waals surface area contributed by atoms with Gasteiger partial charge in [0.05, 0.1) is 23.3 Å². The van der Waals surface area contributed by atoms with Crippen LogP contribution in [0.2, 0.25) is 0 Å². The van der Waals surface area contributed by atoms with Gasteiger partial charge in [0.2, 0.25) is 5.91 Å². The highest BCUT2D eigenvalue weighted by Gasteiger charge is 2.35. The quantitative estimate of drug-likeness (QED) is 0.511. The fourth-order valence-corrected chi connectivity index (χ4v) is 3.75. The smallest absolute Gasteiger partial charge is 0.259 e. The molecule has 140 valence electrons. The number of aryl methyl sites for hydroxylation is 1. The van der Waals surface area contributed by atoms with E-state index >= 15 is 0 Å². The monoisotopic (exact) mass is 375 g/mol. The zero-order valence-corrected chi connectivity index (χ0v) is 15.0. The van der Waals surface area contributed by atoms with E-state index in [9.17, 15) is 9.59 Å². The number of aromatic nitrogens is 3. The van der Waals surface area contributed by atoms with Crippen LogP contribution in [0, 0.1) is 0 Å². The van der Waals surface area contributed by atoms with Crippen LogP contribution in [-0.2, 0) is 11.8 Å². The number of hydrogen-bond acceptors (Lipinski definition) is 4. The molecule has 0 saturated heterocycles. The minimum Gasteiger partial charge on any atom is -0.469 e. The molecule has 2 amide bonds. The number of carbonyl (C=O) groups is 2. The molecule has 28 heavy (non-hydrogen) atoms. The van der Waals surface area contributed by atoms with Crippen molar-refractivity contribution in [3.8, 4) is 0 Å². The highest BCUT2D eigenvalue weighted by atomic mass is 16.3. The first-order chi connectivity index (χ1) is 13.6. The summed E-state index contributed by atoms with van der Waals surface area (Å²) in [5.74, 6) is 0.929. The van der Waals surface area contributed by atoms with E-state index in [4.69, 9.17) is 4.42 Å². The molecule has 1 aliphatic rings. The lowest BCUT2D eigenvalue weighted by atomic mass is 9.91. The number of para-hydroxylation sites is 1. The van der Waals surface area contributed by atoms with Crippen LogP contribution in [0.15, 0.2) is 53.3 Å². The van der Waals surface area contributed by atoms with Gasteiger partial charge in [0, 0.05) is 30.6 Å². The van der Waals surface area contributed by atoms with Crippen LogP contribution in [0.4, 0.5) is 11.6 Å². The van der Waals surface area contributed by atoms with Gasteiger partial charge in [0.25, 0.3) is 5.91 Å². The number of aromatic amines is 1. The number of nitrogens with one attached hydrogen (secondary N) is 3. The SMILES string of the molecule is Cn1nc(NC(=O)c2c[nH]c3ccccc23)c2c1NC(=O)CC2c1ccco1. The number of rotatable bonds is 3. The third kappa shape index (κ3) is 2.50. The van der Waals surface area contributed by atoms with E-state index in [1.807, 2.05) is 30.3 Å². The zero-order valence-electron chi connectivity index (χ0n) is 15.0. The first-order valence-electron chi connectivity index (χ1n) is 8.89. The Morgan fingerprint density at radius 1 is 1.29 bits per heavy atom. The molecule has 1 unspecified atom stereocenters. The van der Waals surface area contributed by atoms with E-state index in [0.717, 1.165) is 16.5 Å². The molecular weight excluding hydrogens is 358 g/mol. The molecule has 1 aliphatic heterocycles. The number of hydrogen-bond donors (Lipinski definition) is 3. The van der Waals surface area contributed by atoms with Crippen LogP contribution in [0.1, 0.15) is 34.0 Å². The maximum atomic E-state index is 13.0. The third-order valence-corrected chi connectivity index (χ3v) is 5.03. The number of H-pyrrole nitrogens is 1. The second kappa shape index (κ2) is 6.12.